The standard InChI is InChI=1S/C11H17N3/c1-9-4-2-3-7-14(9)11-6-5-10(12)8-13-11/h5-6,8-9H,2-4,7,12H2,1H3/t9-/m1/s1. The molecule has 0 saturated carbocycles. The minimum atomic E-state index is 0.611. The molecule has 0 bridgehead atoms. The van der Waals surface area contributed by atoms with Gasteiger partial charge in [0.1, 0.15) is 5.82 Å². The van der Waals surface area contributed by atoms with Crippen molar-refractivity contribution in [3.63, 3.8) is 0 Å². The highest BCUT2D eigenvalue weighted by Crippen LogP contribution is 2.22. The number of hydrogen-bond acceptors (Lipinski definition) is 3. The Labute approximate surface area is 84.9 Å². The number of anilines is 2. The molecule has 3 heteroatoms. The Morgan fingerprint density at radius 3 is 2.93 bits per heavy atom. The summed E-state index contributed by atoms with van der Waals surface area (Å²) in [4.78, 5) is 6.72. The van der Waals surface area contributed by atoms with Crippen LogP contribution in [0.1, 0.15) is 26.2 Å². The van der Waals surface area contributed by atoms with E-state index in [0.717, 1.165) is 18.1 Å². The zero-order valence-corrected chi connectivity index (χ0v) is 8.61. The second-order valence-electron chi connectivity index (χ2n) is 3.99. The van der Waals surface area contributed by atoms with Crippen LogP contribution < -0.4 is 10.6 Å². The lowest BCUT2D eigenvalue weighted by atomic mass is 10.0. The lowest BCUT2D eigenvalue weighted by Gasteiger charge is -2.34. The maximum absolute atomic E-state index is 5.61. The van der Waals surface area contributed by atoms with Crippen molar-refractivity contribution in [2.45, 2.75) is 32.2 Å². The van der Waals surface area contributed by atoms with E-state index in [1.807, 2.05) is 12.1 Å². The zero-order chi connectivity index (χ0) is 9.97. The van der Waals surface area contributed by atoms with Gasteiger partial charge in [-0.15, -0.1) is 0 Å². The summed E-state index contributed by atoms with van der Waals surface area (Å²) >= 11 is 0. The van der Waals surface area contributed by atoms with Crippen LogP contribution in [0.5, 0.6) is 0 Å². The first-order valence-corrected chi connectivity index (χ1v) is 5.25. The number of rotatable bonds is 1. The topological polar surface area (TPSA) is 42.1 Å². The third-order valence-corrected chi connectivity index (χ3v) is 2.87. The number of piperidine rings is 1. The van der Waals surface area contributed by atoms with E-state index in [-0.39, 0.29) is 0 Å². The molecule has 3 nitrogen and oxygen atoms in total. The summed E-state index contributed by atoms with van der Waals surface area (Å²) in [6.45, 7) is 3.38. The highest BCUT2D eigenvalue weighted by molar-refractivity contribution is 5.46. The van der Waals surface area contributed by atoms with Crippen molar-refractivity contribution < 1.29 is 0 Å². The van der Waals surface area contributed by atoms with Crippen LogP contribution in [0.4, 0.5) is 11.5 Å². The van der Waals surface area contributed by atoms with E-state index in [1.54, 1.807) is 6.20 Å². The van der Waals surface area contributed by atoms with Crippen molar-refractivity contribution >= 4 is 11.5 Å². The first-order valence-electron chi connectivity index (χ1n) is 5.25. The van der Waals surface area contributed by atoms with E-state index in [1.165, 1.54) is 19.3 Å². The molecular weight excluding hydrogens is 174 g/mol. The maximum atomic E-state index is 5.61. The largest absolute Gasteiger partial charge is 0.397 e. The van der Waals surface area contributed by atoms with Gasteiger partial charge in [-0.3, -0.25) is 0 Å². The van der Waals surface area contributed by atoms with E-state index in [2.05, 4.69) is 16.8 Å². The van der Waals surface area contributed by atoms with Crippen LogP contribution in [0.2, 0.25) is 0 Å². The molecule has 14 heavy (non-hydrogen) atoms. The van der Waals surface area contributed by atoms with Gasteiger partial charge < -0.3 is 10.6 Å². The van der Waals surface area contributed by atoms with Crippen LogP contribution in [0.15, 0.2) is 18.3 Å². The fourth-order valence-electron chi connectivity index (χ4n) is 2.01. The van der Waals surface area contributed by atoms with Crippen LogP contribution in [0, 0.1) is 0 Å². The molecule has 1 aliphatic heterocycles. The van der Waals surface area contributed by atoms with Gasteiger partial charge >= 0.3 is 0 Å². The number of hydrogen-bond donors (Lipinski definition) is 1. The molecule has 1 fully saturated rings. The molecule has 1 atom stereocenters. The summed E-state index contributed by atoms with van der Waals surface area (Å²) in [7, 11) is 0. The molecule has 0 unspecified atom stereocenters. The average molecular weight is 191 g/mol. The third kappa shape index (κ3) is 1.81. The van der Waals surface area contributed by atoms with Crippen LogP contribution in [-0.2, 0) is 0 Å². The minimum Gasteiger partial charge on any atom is -0.397 e. The second kappa shape index (κ2) is 3.86. The van der Waals surface area contributed by atoms with Crippen molar-refractivity contribution in [3.8, 4) is 0 Å². The molecule has 1 aliphatic rings. The molecule has 0 spiro atoms. The van der Waals surface area contributed by atoms with Crippen LogP contribution >= 0.6 is 0 Å². The quantitative estimate of drug-likeness (QED) is 0.738. The Morgan fingerprint density at radius 2 is 2.29 bits per heavy atom. The van der Waals surface area contributed by atoms with E-state index in [9.17, 15) is 0 Å². The highest BCUT2D eigenvalue weighted by atomic mass is 15.2. The Bertz CT molecular complexity index is 294. The van der Waals surface area contributed by atoms with Crippen LogP contribution in [0.25, 0.3) is 0 Å². The molecule has 2 N–H and O–H groups in total. The van der Waals surface area contributed by atoms with Crippen molar-refractivity contribution in [1.29, 1.82) is 0 Å². The smallest absolute Gasteiger partial charge is 0.128 e. The summed E-state index contributed by atoms with van der Waals surface area (Å²) < 4.78 is 0. The first-order chi connectivity index (χ1) is 6.77. The number of nitrogens with two attached hydrogens (primary N) is 1. The lowest BCUT2D eigenvalue weighted by Crippen LogP contribution is -2.37. The van der Waals surface area contributed by atoms with Gasteiger partial charge in [0.25, 0.3) is 0 Å². The van der Waals surface area contributed by atoms with Gasteiger partial charge in [0.15, 0.2) is 0 Å². The Hall–Kier alpha value is -1.25. The van der Waals surface area contributed by atoms with E-state index in [0.29, 0.717) is 6.04 Å². The van der Waals surface area contributed by atoms with Crippen LogP contribution in [0.3, 0.4) is 0 Å². The fourth-order valence-corrected chi connectivity index (χ4v) is 2.01. The van der Waals surface area contributed by atoms with E-state index < -0.39 is 0 Å². The van der Waals surface area contributed by atoms with Gasteiger partial charge in [-0.05, 0) is 38.3 Å². The molecule has 0 amide bonds. The van der Waals surface area contributed by atoms with Crippen molar-refractivity contribution in [1.82, 2.24) is 4.98 Å². The van der Waals surface area contributed by atoms with Crippen LogP contribution in [-0.4, -0.2) is 17.6 Å². The summed E-state index contributed by atoms with van der Waals surface area (Å²) in [5, 5.41) is 0. The van der Waals surface area contributed by atoms with Gasteiger partial charge in [0.2, 0.25) is 0 Å². The maximum Gasteiger partial charge on any atom is 0.128 e. The molecule has 76 valence electrons. The lowest BCUT2D eigenvalue weighted by molar-refractivity contribution is 0.481. The third-order valence-electron chi connectivity index (χ3n) is 2.87. The van der Waals surface area contributed by atoms with Crippen molar-refractivity contribution in [3.05, 3.63) is 18.3 Å². The van der Waals surface area contributed by atoms with E-state index in [4.69, 9.17) is 5.73 Å². The molecule has 2 heterocycles. The Balaban J connectivity index is 2.16. The highest BCUT2D eigenvalue weighted by Gasteiger charge is 2.18. The predicted octanol–water partition coefficient (Wildman–Crippen LogP) is 2.04. The van der Waals surface area contributed by atoms with Gasteiger partial charge in [-0.25, -0.2) is 4.98 Å². The zero-order valence-electron chi connectivity index (χ0n) is 8.61. The molecule has 2 rings (SSSR count). The molecule has 1 aromatic rings. The number of aromatic nitrogens is 1. The second-order valence-corrected chi connectivity index (χ2v) is 3.99. The summed E-state index contributed by atoms with van der Waals surface area (Å²) in [6, 6.07) is 4.54. The van der Waals surface area contributed by atoms with E-state index >= 15 is 0 Å². The van der Waals surface area contributed by atoms with Gasteiger partial charge in [-0.2, -0.15) is 0 Å². The number of nitrogen functional groups attached to an aromatic ring is 1. The molecule has 0 aromatic carbocycles. The summed E-state index contributed by atoms with van der Waals surface area (Å²) in [5.41, 5.74) is 6.34. The van der Waals surface area contributed by atoms with Crippen molar-refractivity contribution in [2.75, 3.05) is 17.2 Å². The van der Waals surface area contributed by atoms with Gasteiger partial charge in [0, 0.05) is 12.6 Å². The average Bonchev–Trinajstić information content (AvgIpc) is 2.20. The normalized spacial score (nSPS) is 22.4. The Morgan fingerprint density at radius 1 is 1.43 bits per heavy atom. The summed E-state index contributed by atoms with van der Waals surface area (Å²) in [6.07, 6.45) is 5.62. The Kier molecular flexibility index (Phi) is 2.57. The first kappa shape index (κ1) is 9.31. The number of pyridine rings is 1. The summed E-state index contributed by atoms with van der Waals surface area (Å²) in [5.74, 6) is 1.06. The molecule has 1 saturated heterocycles. The molecule has 0 aliphatic carbocycles. The van der Waals surface area contributed by atoms with Gasteiger partial charge in [0.05, 0.1) is 11.9 Å². The van der Waals surface area contributed by atoms with Crippen molar-refractivity contribution in [2.24, 2.45) is 0 Å². The fraction of sp³-hybridized carbons (Fsp3) is 0.545. The monoisotopic (exact) mass is 191 g/mol. The SMILES string of the molecule is C[C@@H]1CCCCN1c1ccc(N)cn1. The molecule has 1 aromatic heterocycles. The molecule has 0 radical (unpaired) electrons. The number of nitrogens with zero attached hydrogens (tertiary/aromatic N) is 2. The predicted molar refractivity (Wildman–Crippen MR) is 59.3 cm³/mol. The molecular formula is C11H17N3. The minimum absolute atomic E-state index is 0.611. The van der Waals surface area contributed by atoms with Gasteiger partial charge in [-0.1, -0.05) is 0 Å².